The SMILES string of the molecule is CNCc1nncn1-c1ccccc1.Cl.Cl. The van der Waals surface area contributed by atoms with Crippen molar-refractivity contribution in [2.45, 2.75) is 6.54 Å². The third-order valence-corrected chi connectivity index (χ3v) is 1.99. The van der Waals surface area contributed by atoms with Crippen LogP contribution in [0.4, 0.5) is 0 Å². The molecular formula is C10H14Cl2N4. The van der Waals surface area contributed by atoms with Crippen LogP contribution >= 0.6 is 24.8 Å². The molecule has 0 spiro atoms. The summed E-state index contributed by atoms with van der Waals surface area (Å²) in [7, 11) is 1.89. The zero-order valence-corrected chi connectivity index (χ0v) is 10.5. The summed E-state index contributed by atoms with van der Waals surface area (Å²) in [6, 6.07) is 10.0. The van der Waals surface area contributed by atoms with Crippen LogP contribution in [0.5, 0.6) is 0 Å². The molecule has 4 nitrogen and oxygen atoms in total. The Kier molecular flexibility index (Phi) is 6.72. The van der Waals surface area contributed by atoms with E-state index in [9.17, 15) is 0 Å². The van der Waals surface area contributed by atoms with Crippen LogP contribution in [0, 0.1) is 0 Å². The minimum atomic E-state index is 0. The molecule has 88 valence electrons. The molecular weight excluding hydrogens is 247 g/mol. The maximum Gasteiger partial charge on any atom is 0.151 e. The van der Waals surface area contributed by atoms with Crippen LogP contribution in [-0.2, 0) is 6.54 Å². The van der Waals surface area contributed by atoms with Crippen LogP contribution in [0.2, 0.25) is 0 Å². The van der Waals surface area contributed by atoms with Gasteiger partial charge in [0.25, 0.3) is 0 Å². The van der Waals surface area contributed by atoms with Gasteiger partial charge in [-0.05, 0) is 19.2 Å². The number of aromatic nitrogens is 3. The average Bonchev–Trinajstić information content (AvgIpc) is 2.68. The Morgan fingerprint density at radius 1 is 1.19 bits per heavy atom. The fourth-order valence-corrected chi connectivity index (χ4v) is 1.34. The van der Waals surface area contributed by atoms with Gasteiger partial charge in [-0.2, -0.15) is 0 Å². The van der Waals surface area contributed by atoms with Gasteiger partial charge in [-0.25, -0.2) is 0 Å². The molecule has 0 fully saturated rings. The lowest BCUT2D eigenvalue weighted by molar-refractivity contribution is 0.737. The molecule has 1 aromatic heterocycles. The molecule has 1 aromatic carbocycles. The number of halogens is 2. The van der Waals surface area contributed by atoms with Gasteiger partial charge < -0.3 is 5.32 Å². The standard InChI is InChI=1S/C10H12N4.2ClH/c1-11-7-10-13-12-8-14(10)9-5-3-2-4-6-9;;/h2-6,8,11H,7H2,1H3;2*1H. The van der Waals surface area contributed by atoms with E-state index >= 15 is 0 Å². The lowest BCUT2D eigenvalue weighted by Crippen LogP contribution is -2.10. The topological polar surface area (TPSA) is 42.7 Å². The average molecular weight is 261 g/mol. The number of benzene rings is 1. The van der Waals surface area contributed by atoms with E-state index in [2.05, 4.69) is 15.5 Å². The summed E-state index contributed by atoms with van der Waals surface area (Å²) in [6.45, 7) is 0.717. The molecule has 0 aliphatic heterocycles. The monoisotopic (exact) mass is 260 g/mol. The van der Waals surface area contributed by atoms with Crippen molar-refractivity contribution in [2.24, 2.45) is 0 Å². The third kappa shape index (κ3) is 3.20. The van der Waals surface area contributed by atoms with E-state index < -0.39 is 0 Å². The minimum Gasteiger partial charge on any atom is -0.313 e. The van der Waals surface area contributed by atoms with E-state index in [4.69, 9.17) is 0 Å². The predicted octanol–water partition coefficient (Wildman–Crippen LogP) is 1.83. The molecule has 0 saturated heterocycles. The molecule has 1 heterocycles. The Bertz CT molecular complexity index is 402. The van der Waals surface area contributed by atoms with Crippen LogP contribution in [0.3, 0.4) is 0 Å². The minimum absolute atomic E-state index is 0. The first-order valence-electron chi connectivity index (χ1n) is 4.51. The second-order valence-corrected chi connectivity index (χ2v) is 2.98. The first-order valence-corrected chi connectivity index (χ1v) is 4.51. The molecule has 6 heteroatoms. The Hall–Kier alpha value is -1.10. The number of hydrogen-bond acceptors (Lipinski definition) is 3. The van der Waals surface area contributed by atoms with E-state index in [1.165, 1.54) is 0 Å². The second-order valence-electron chi connectivity index (χ2n) is 2.98. The highest BCUT2D eigenvalue weighted by Crippen LogP contribution is 2.08. The molecule has 2 rings (SSSR count). The van der Waals surface area contributed by atoms with Crippen LogP contribution in [0.15, 0.2) is 36.7 Å². The van der Waals surface area contributed by atoms with E-state index in [1.807, 2.05) is 41.9 Å². The summed E-state index contributed by atoms with van der Waals surface area (Å²) in [4.78, 5) is 0. The van der Waals surface area contributed by atoms with Crippen molar-refractivity contribution in [3.63, 3.8) is 0 Å². The number of para-hydroxylation sites is 1. The van der Waals surface area contributed by atoms with Crippen LogP contribution < -0.4 is 5.32 Å². The normalized spacial score (nSPS) is 9.06. The number of rotatable bonds is 3. The summed E-state index contributed by atoms with van der Waals surface area (Å²) in [6.07, 6.45) is 1.72. The number of nitrogens with one attached hydrogen (secondary N) is 1. The van der Waals surface area contributed by atoms with E-state index in [1.54, 1.807) is 6.33 Å². The molecule has 0 atom stereocenters. The van der Waals surface area contributed by atoms with Crippen molar-refractivity contribution in [3.05, 3.63) is 42.5 Å². The van der Waals surface area contributed by atoms with E-state index in [-0.39, 0.29) is 24.8 Å². The highest BCUT2D eigenvalue weighted by atomic mass is 35.5. The fraction of sp³-hybridized carbons (Fsp3) is 0.200. The summed E-state index contributed by atoms with van der Waals surface area (Å²) >= 11 is 0. The summed E-state index contributed by atoms with van der Waals surface area (Å²) in [5, 5.41) is 11.0. The van der Waals surface area contributed by atoms with Crippen LogP contribution in [-0.4, -0.2) is 21.8 Å². The van der Waals surface area contributed by atoms with Gasteiger partial charge in [-0.3, -0.25) is 4.57 Å². The Morgan fingerprint density at radius 2 is 1.88 bits per heavy atom. The van der Waals surface area contributed by atoms with Crippen molar-refractivity contribution in [1.29, 1.82) is 0 Å². The van der Waals surface area contributed by atoms with Gasteiger partial charge in [0.2, 0.25) is 0 Å². The Balaban J connectivity index is 0.00000112. The lowest BCUT2D eigenvalue weighted by atomic mass is 10.3. The van der Waals surface area contributed by atoms with E-state index in [0.29, 0.717) is 0 Å². The largest absolute Gasteiger partial charge is 0.313 e. The fourth-order valence-electron chi connectivity index (χ4n) is 1.34. The highest BCUT2D eigenvalue weighted by Gasteiger charge is 2.03. The number of hydrogen-bond donors (Lipinski definition) is 1. The summed E-state index contributed by atoms with van der Waals surface area (Å²) < 4.78 is 1.97. The zero-order chi connectivity index (χ0) is 9.80. The molecule has 0 radical (unpaired) electrons. The molecule has 0 aliphatic carbocycles. The Labute approximate surface area is 107 Å². The third-order valence-electron chi connectivity index (χ3n) is 1.99. The Morgan fingerprint density at radius 3 is 2.50 bits per heavy atom. The van der Waals surface area contributed by atoms with E-state index in [0.717, 1.165) is 18.1 Å². The molecule has 16 heavy (non-hydrogen) atoms. The van der Waals surface area contributed by atoms with Gasteiger partial charge in [0.05, 0.1) is 6.54 Å². The molecule has 0 aliphatic rings. The van der Waals surface area contributed by atoms with Crippen LogP contribution in [0.1, 0.15) is 5.82 Å². The van der Waals surface area contributed by atoms with Gasteiger partial charge in [-0.15, -0.1) is 35.0 Å². The molecule has 0 unspecified atom stereocenters. The molecule has 2 aromatic rings. The zero-order valence-electron chi connectivity index (χ0n) is 8.83. The summed E-state index contributed by atoms with van der Waals surface area (Å²) in [5.41, 5.74) is 1.09. The highest BCUT2D eigenvalue weighted by molar-refractivity contribution is 5.85. The van der Waals surface area contributed by atoms with Crippen molar-refractivity contribution in [1.82, 2.24) is 20.1 Å². The maximum absolute atomic E-state index is 4.03. The lowest BCUT2D eigenvalue weighted by Gasteiger charge is -2.04. The van der Waals surface area contributed by atoms with Crippen molar-refractivity contribution >= 4 is 24.8 Å². The van der Waals surface area contributed by atoms with Crippen molar-refractivity contribution in [2.75, 3.05) is 7.05 Å². The predicted molar refractivity (Wildman–Crippen MR) is 68.6 cm³/mol. The molecule has 1 N–H and O–H groups in total. The maximum atomic E-state index is 4.03. The second kappa shape index (κ2) is 7.22. The molecule has 0 saturated carbocycles. The van der Waals surface area contributed by atoms with Gasteiger partial charge in [0.1, 0.15) is 6.33 Å². The van der Waals surface area contributed by atoms with Crippen molar-refractivity contribution < 1.29 is 0 Å². The summed E-state index contributed by atoms with van der Waals surface area (Å²) in [5.74, 6) is 0.915. The van der Waals surface area contributed by atoms with Gasteiger partial charge in [-0.1, -0.05) is 18.2 Å². The van der Waals surface area contributed by atoms with Crippen molar-refractivity contribution in [3.8, 4) is 5.69 Å². The van der Waals surface area contributed by atoms with Gasteiger partial charge >= 0.3 is 0 Å². The first kappa shape index (κ1) is 14.9. The van der Waals surface area contributed by atoms with Gasteiger partial charge in [0, 0.05) is 5.69 Å². The molecule has 0 bridgehead atoms. The van der Waals surface area contributed by atoms with Crippen LogP contribution in [0.25, 0.3) is 5.69 Å². The number of nitrogens with zero attached hydrogens (tertiary/aromatic N) is 3. The smallest absolute Gasteiger partial charge is 0.151 e. The van der Waals surface area contributed by atoms with Gasteiger partial charge in [0.15, 0.2) is 5.82 Å². The quantitative estimate of drug-likeness (QED) is 0.916. The first-order chi connectivity index (χ1) is 6.92. The molecule has 0 amide bonds.